The maximum Gasteiger partial charge on any atom is 0.169 e. The number of rotatable bonds is 11. The Morgan fingerprint density at radius 2 is 2.08 bits per heavy atom. The molecule has 0 saturated carbocycles. The zero-order valence-electron chi connectivity index (χ0n) is 15.5. The highest BCUT2D eigenvalue weighted by Gasteiger charge is 2.12. The minimum absolute atomic E-state index is 0.183. The van der Waals surface area contributed by atoms with Crippen LogP contribution >= 0.6 is 12.2 Å². The average Bonchev–Trinajstić information content (AvgIpc) is 3.15. The van der Waals surface area contributed by atoms with E-state index in [1.54, 1.807) is 12.3 Å². The molecule has 0 radical (unpaired) electrons. The highest BCUT2D eigenvalue weighted by Crippen LogP contribution is 2.11. The smallest absolute Gasteiger partial charge is 0.169 e. The number of imidazole rings is 1. The summed E-state index contributed by atoms with van der Waals surface area (Å²) < 4.78 is 16.1. The molecule has 0 fully saturated rings. The third-order valence-corrected chi connectivity index (χ3v) is 4.72. The van der Waals surface area contributed by atoms with Gasteiger partial charge in [-0.1, -0.05) is 44.4 Å². The van der Waals surface area contributed by atoms with Crippen molar-refractivity contribution in [2.45, 2.75) is 52.1 Å². The summed E-state index contributed by atoms with van der Waals surface area (Å²) >= 11 is 5.58. The van der Waals surface area contributed by atoms with Crippen LogP contribution in [0.3, 0.4) is 0 Å². The summed E-state index contributed by atoms with van der Waals surface area (Å²) in [5, 5.41) is 4.04. The van der Waals surface area contributed by atoms with Gasteiger partial charge in [-0.3, -0.25) is 0 Å². The zero-order chi connectivity index (χ0) is 18.6. The predicted octanol–water partition coefficient (Wildman–Crippen LogP) is 4.37. The minimum Gasteiger partial charge on any atom is -0.363 e. The van der Waals surface area contributed by atoms with Crippen molar-refractivity contribution in [3.63, 3.8) is 0 Å². The van der Waals surface area contributed by atoms with Gasteiger partial charge in [-0.15, -0.1) is 0 Å². The molecule has 0 unspecified atom stereocenters. The van der Waals surface area contributed by atoms with Gasteiger partial charge in [0.05, 0.1) is 6.33 Å². The van der Waals surface area contributed by atoms with Gasteiger partial charge in [0.1, 0.15) is 5.82 Å². The first-order chi connectivity index (χ1) is 12.7. The lowest BCUT2D eigenvalue weighted by Crippen LogP contribution is -2.40. The number of aromatic nitrogens is 2. The molecular formula is C20H29FN4S. The van der Waals surface area contributed by atoms with Crippen molar-refractivity contribution >= 4 is 17.3 Å². The molecule has 0 bridgehead atoms. The second-order valence-electron chi connectivity index (χ2n) is 6.46. The molecule has 1 aromatic heterocycles. The van der Waals surface area contributed by atoms with Gasteiger partial charge in [0.15, 0.2) is 5.11 Å². The largest absolute Gasteiger partial charge is 0.363 e. The number of unbranched alkanes of at least 4 members (excludes halogenated alkanes) is 3. The van der Waals surface area contributed by atoms with Crippen LogP contribution in [0.15, 0.2) is 43.0 Å². The van der Waals surface area contributed by atoms with E-state index in [1.165, 1.54) is 25.3 Å². The molecule has 2 rings (SSSR count). The summed E-state index contributed by atoms with van der Waals surface area (Å²) in [6.45, 7) is 5.19. The Morgan fingerprint density at radius 3 is 2.81 bits per heavy atom. The molecule has 1 aromatic carbocycles. The molecule has 4 nitrogen and oxygen atoms in total. The fourth-order valence-electron chi connectivity index (χ4n) is 2.81. The van der Waals surface area contributed by atoms with Crippen molar-refractivity contribution < 1.29 is 4.39 Å². The van der Waals surface area contributed by atoms with Crippen LogP contribution in [0.25, 0.3) is 0 Å². The molecule has 0 amide bonds. The lowest BCUT2D eigenvalue weighted by molar-refractivity contribution is 0.377. The van der Waals surface area contributed by atoms with E-state index in [4.69, 9.17) is 12.2 Å². The number of hydrogen-bond donors (Lipinski definition) is 1. The molecular weight excluding hydrogens is 347 g/mol. The van der Waals surface area contributed by atoms with E-state index in [0.717, 1.165) is 32.5 Å². The maximum absolute atomic E-state index is 14.0. The number of nitrogens with zero attached hydrogens (tertiary/aromatic N) is 3. The highest BCUT2D eigenvalue weighted by molar-refractivity contribution is 7.80. The fraction of sp³-hybridized carbons (Fsp3) is 0.500. The van der Waals surface area contributed by atoms with E-state index >= 15 is 0 Å². The molecule has 1 heterocycles. The molecule has 6 heteroatoms. The third kappa shape index (κ3) is 7.12. The van der Waals surface area contributed by atoms with Crippen molar-refractivity contribution in [2.24, 2.45) is 0 Å². The summed E-state index contributed by atoms with van der Waals surface area (Å²) in [6, 6.07) is 6.90. The van der Waals surface area contributed by atoms with Crippen LogP contribution in [0.1, 0.15) is 44.6 Å². The Morgan fingerprint density at radius 1 is 1.23 bits per heavy atom. The van der Waals surface area contributed by atoms with Crippen molar-refractivity contribution in [1.29, 1.82) is 0 Å². The minimum atomic E-state index is -0.183. The molecule has 0 saturated heterocycles. The van der Waals surface area contributed by atoms with E-state index in [1.807, 2.05) is 29.2 Å². The summed E-state index contributed by atoms with van der Waals surface area (Å²) in [5.41, 5.74) is 0.672. The molecule has 1 N–H and O–H groups in total. The van der Waals surface area contributed by atoms with Crippen LogP contribution in [0.5, 0.6) is 0 Å². The number of halogens is 1. The van der Waals surface area contributed by atoms with Crippen molar-refractivity contribution in [3.05, 3.63) is 54.4 Å². The van der Waals surface area contributed by atoms with E-state index in [2.05, 4.69) is 22.1 Å². The first-order valence-electron chi connectivity index (χ1n) is 9.42. The lowest BCUT2D eigenvalue weighted by Gasteiger charge is -2.26. The topological polar surface area (TPSA) is 33.1 Å². The van der Waals surface area contributed by atoms with Crippen LogP contribution in [0.4, 0.5) is 4.39 Å². The standard InChI is InChI=1S/C20H29FN4S/c1-2-3-4-7-11-23-20(26)25(14-8-13-24-15-12-22-17-24)16-18-9-5-6-10-19(18)21/h5-6,9-10,12,15,17H,2-4,7-8,11,13-14,16H2,1H3,(H,23,26). The van der Waals surface area contributed by atoms with Gasteiger partial charge in [-0.25, -0.2) is 9.37 Å². The Kier molecular flexibility index (Phi) is 9.10. The number of nitrogens with one attached hydrogen (secondary N) is 1. The molecule has 0 aliphatic rings. The fourth-order valence-corrected chi connectivity index (χ4v) is 3.06. The van der Waals surface area contributed by atoms with Crippen LogP contribution in [-0.2, 0) is 13.1 Å². The quantitative estimate of drug-likeness (QED) is 0.466. The average molecular weight is 377 g/mol. The molecule has 2 aromatic rings. The van der Waals surface area contributed by atoms with Gasteiger partial charge in [-0.05, 0) is 31.1 Å². The van der Waals surface area contributed by atoms with E-state index in [9.17, 15) is 4.39 Å². The highest BCUT2D eigenvalue weighted by atomic mass is 32.1. The normalized spacial score (nSPS) is 10.7. The molecule has 0 spiro atoms. The van der Waals surface area contributed by atoms with Gasteiger partial charge in [-0.2, -0.15) is 0 Å². The van der Waals surface area contributed by atoms with Crippen molar-refractivity contribution in [1.82, 2.24) is 19.8 Å². The van der Waals surface area contributed by atoms with Gasteiger partial charge >= 0.3 is 0 Å². The summed E-state index contributed by atoms with van der Waals surface area (Å²) in [5.74, 6) is -0.183. The maximum atomic E-state index is 14.0. The van der Waals surface area contributed by atoms with Crippen LogP contribution in [0, 0.1) is 5.82 Å². The predicted molar refractivity (Wildman–Crippen MR) is 108 cm³/mol. The first-order valence-corrected chi connectivity index (χ1v) is 9.83. The molecule has 0 aliphatic carbocycles. The van der Waals surface area contributed by atoms with Gasteiger partial charge in [0, 0.05) is 44.1 Å². The Hall–Kier alpha value is -1.95. The Labute approximate surface area is 161 Å². The van der Waals surface area contributed by atoms with E-state index in [0.29, 0.717) is 17.2 Å². The van der Waals surface area contributed by atoms with Crippen LogP contribution in [0.2, 0.25) is 0 Å². The molecule has 0 aliphatic heterocycles. The molecule has 26 heavy (non-hydrogen) atoms. The first kappa shape index (κ1) is 20.4. The van der Waals surface area contributed by atoms with Gasteiger partial charge in [0.2, 0.25) is 0 Å². The number of aryl methyl sites for hydroxylation is 1. The zero-order valence-corrected chi connectivity index (χ0v) is 16.3. The van der Waals surface area contributed by atoms with Crippen molar-refractivity contribution in [2.75, 3.05) is 13.1 Å². The van der Waals surface area contributed by atoms with Crippen LogP contribution < -0.4 is 5.32 Å². The summed E-state index contributed by atoms with van der Waals surface area (Å²) in [7, 11) is 0. The monoisotopic (exact) mass is 376 g/mol. The molecule has 142 valence electrons. The summed E-state index contributed by atoms with van der Waals surface area (Å²) in [6.07, 6.45) is 11.2. The third-order valence-electron chi connectivity index (χ3n) is 4.32. The van der Waals surface area contributed by atoms with Crippen molar-refractivity contribution in [3.8, 4) is 0 Å². The second-order valence-corrected chi connectivity index (χ2v) is 6.85. The lowest BCUT2D eigenvalue weighted by atomic mass is 10.2. The second kappa shape index (κ2) is 11.6. The number of thiocarbonyl (C=S) groups is 1. The van der Waals surface area contributed by atoms with Gasteiger partial charge < -0.3 is 14.8 Å². The number of hydrogen-bond acceptors (Lipinski definition) is 2. The van der Waals surface area contributed by atoms with E-state index < -0.39 is 0 Å². The SMILES string of the molecule is CCCCCCNC(=S)N(CCCn1ccnc1)Cc1ccccc1F. The Balaban J connectivity index is 1.88. The number of benzene rings is 1. The summed E-state index contributed by atoms with van der Waals surface area (Å²) in [4.78, 5) is 6.12. The van der Waals surface area contributed by atoms with Gasteiger partial charge in [0.25, 0.3) is 0 Å². The van der Waals surface area contributed by atoms with E-state index in [-0.39, 0.29) is 5.82 Å². The molecule has 0 atom stereocenters. The Bertz CT molecular complexity index is 645. The van der Waals surface area contributed by atoms with Crippen LogP contribution in [-0.4, -0.2) is 32.7 Å².